The van der Waals surface area contributed by atoms with E-state index in [1.807, 2.05) is 6.92 Å². The monoisotopic (exact) mass is 301 g/mol. The highest BCUT2D eigenvalue weighted by atomic mass is 19.4. The fourth-order valence-corrected chi connectivity index (χ4v) is 1.80. The number of carbonyl (C=O) groups excluding carboxylic acids is 1. The van der Waals surface area contributed by atoms with Crippen molar-refractivity contribution in [3.8, 4) is 5.75 Å². The van der Waals surface area contributed by atoms with E-state index < -0.39 is 18.1 Å². The molecule has 1 heterocycles. The minimum atomic E-state index is -4.78. The molecule has 114 valence electrons. The van der Waals surface area contributed by atoms with Crippen molar-refractivity contribution in [1.82, 2.24) is 14.9 Å². The van der Waals surface area contributed by atoms with E-state index in [0.29, 0.717) is 12.1 Å². The Hall–Kier alpha value is -2.25. The number of halogens is 3. The summed E-state index contributed by atoms with van der Waals surface area (Å²) in [4.78, 5) is 15.9. The Labute approximate surface area is 118 Å². The molecule has 0 fully saturated rings. The number of imidazole rings is 1. The maximum absolute atomic E-state index is 12.2. The Morgan fingerprint density at radius 2 is 2.19 bits per heavy atom. The van der Waals surface area contributed by atoms with Crippen molar-refractivity contribution in [3.63, 3.8) is 0 Å². The van der Waals surface area contributed by atoms with E-state index in [9.17, 15) is 18.0 Å². The molecule has 2 aromatic rings. The van der Waals surface area contributed by atoms with E-state index in [0.717, 1.165) is 29.5 Å². The second kappa shape index (κ2) is 6.02. The number of nitrogens with zero attached hydrogens (tertiary/aromatic N) is 2. The van der Waals surface area contributed by atoms with Gasteiger partial charge in [0.1, 0.15) is 12.1 Å². The van der Waals surface area contributed by atoms with Crippen LogP contribution in [-0.4, -0.2) is 28.5 Å². The van der Waals surface area contributed by atoms with Crippen LogP contribution in [0.15, 0.2) is 24.5 Å². The Morgan fingerprint density at radius 3 is 2.86 bits per heavy atom. The second-order valence-corrected chi connectivity index (χ2v) is 4.40. The number of carbonyl (C=O) groups is 1. The maximum atomic E-state index is 12.2. The number of aromatic nitrogens is 2. The van der Waals surface area contributed by atoms with Crippen LogP contribution in [0.4, 0.5) is 18.0 Å². The number of alkyl halides is 3. The topological polar surface area (TPSA) is 56.2 Å². The standard InChI is InChI=1S/C13H14F3N3O2/c1-2-3-6-17-12(20)19-8-18-10-5-4-9(7-11(10)19)21-13(14,15)16/h4-5,7-8H,2-3,6H2,1H3,(H,17,20). The van der Waals surface area contributed by atoms with Crippen LogP contribution in [0, 0.1) is 0 Å². The summed E-state index contributed by atoms with van der Waals surface area (Å²) in [7, 11) is 0. The molecule has 0 radical (unpaired) electrons. The van der Waals surface area contributed by atoms with Gasteiger partial charge in [0.2, 0.25) is 0 Å². The molecule has 0 bridgehead atoms. The first-order valence-corrected chi connectivity index (χ1v) is 6.42. The zero-order chi connectivity index (χ0) is 15.5. The molecule has 0 aliphatic carbocycles. The van der Waals surface area contributed by atoms with Gasteiger partial charge in [0.05, 0.1) is 11.0 Å². The Morgan fingerprint density at radius 1 is 1.43 bits per heavy atom. The van der Waals surface area contributed by atoms with Crippen molar-refractivity contribution in [2.75, 3.05) is 6.54 Å². The number of ether oxygens (including phenoxy) is 1. The average molecular weight is 301 g/mol. The van der Waals surface area contributed by atoms with E-state index in [1.165, 1.54) is 12.4 Å². The number of benzene rings is 1. The highest BCUT2D eigenvalue weighted by Crippen LogP contribution is 2.26. The molecule has 0 saturated heterocycles. The third kappa shape index (κ3) is 3.87. The Balaban J connectivity index is 2.24. The van der Waals surface area contributed by atoms with Crippen LogP contribution in [0.5, 0.6) is 5.75 Å². The Kier molecular flexibility index (Phi) is 4.35. The lowest BCUT2D eigenvalue weighted by Crippen LogP contribution is -2.28. The number of nitrogens with one attached hydrogen (secondary N) is 1. The SMILES string of the molecule is CCCCNC(=O)n1cnc2ccc(OC(F)(F)F)cc21. The first-order valence-electron chi connectivity index (χ1n) is 6.42. The number of rotatable bonds is 4. The lowest BCUT2D eigenvalue weighted by Gasteiger charge is -2.09. The van der Waals surface area contributed by atoms with Gasteiger partial charge >= 0.3 is 12.4 Å². The molecule has 1 aromatic heterocycles. The molecule has 2 rings (SSSR count). The third-order valence-electron chi connectivity index (χ3n) is 2.78. The molecule has 1 amide bonds. The van der Waals surface area contributed by atoms with Crippen LogP contribution in [0.25, 0.3) is 11.0 Å². The number of hydrogen-bond donors (Lipinski definition) is 1. The van der Waals surface area contributed by atoms with E-state index in [1.54, 1.807) is 0 Å². The normalized spacial score (nSPS) is 11.6. The molecule has 0 aliphatic heterocycles. The number of hydrogen-bond acceptors (Lipinski definition) is 3. The smallest absolute Gasteiger partial charge is 0.406 e. The van der Waals surface area contributed by atoms with Crippen LogP contribution in [0.3, 0.4) is 0 Å². The van der Waals surface area contributed by atoms with Gasteiger partial charge in [0.15, 0.2) is 0 Å². The van der Waals surface area contributed by atoms with Crippen LogP contribution >= 0.6 is 0 Å². The van der Waals surface area contributed by atoms with Crippen molar-refractivity contribution in [3.05, 3.63) is 24.5 Å². The molecule has 0 aliphatic rings. The molecule has 8 heteroatoms. The first-order chi connectivity index (χ1) is 9.90. The lowest BCUT2D eigenvalue weighted by atomic mass is 10.3. The summed E-state index contributed by atoms with van der Waals surface area (Å²) >= 11 is 0. The van der Waals surface area contributed by atoms with Crippen molar-refractivity contribution in [2.45, 2.75) is 26.1 Å². The maximum Gasteiger partial charge on any atom is 0.573 e. The third-order valence-corrected chi connectivity index (χ3v) is 2.78. The summed E-state index contributed by atoms with van der Waals surface area (Å²) < 4.78 is 41.6. The second-order valence-electron chi connectivity index (χ2n) is 4.40. The minimum absolute atomic E-state index is 0.255. The van der Waals surface area contributed by atoms with Crippen molar-refractivity contribution in [1.29, 1.82) is 0 Å². The highest BCUT2D eigenvalue weighted by molar-refractivity contribution is 5.89. The van der Waals surface area contributed by atoms with Gasteiger partial charge in [0.25, 0.3) is 0 Å². The van der Waals surface area contributed by atoms with Gasteiger partial charge < -0.3 is 10.1 Å². The van der Waals surface area contributed by atoms with Gasteiger partial charge in [-0.1, -0.05) is 13.3 Å². The largest absolute Gasteiger partial charge is 0.573 e. The average Bonchev–Trinajstić information content (AvgIpc) is 2.80. The minimum Gasteiger partial charge on any atom is -0.406 e. The fourth-order valence-electron chi connectivity index (χ4n) is 1.80. The van der Waals surface area contributed by atoms with Gasteiger partial charge in [-0.15, -0.1) is 13.2 Å². The zero-order valence-electron chi connectivity index (χ0n) is 11.3. The Bertz CT molecular complexity index is 637. The van der Waals surface area contributed by atoms with Crippen LogP contribution in [0.2, 0.25) is 0 Å². The number of fused-ring (bicyclic) bond motifs is 1. The van der Waals surface area contributed by atoms with Gasteiger partial charge in [0, 0.05) is 12.6 Å². The van der Waals surface area contributed by atoms with E-state index in [2.05, 4.69) is 15.0 Å². The molecule has 0 atom stereocenters. The first kappa shape index (κ1) is 15.1. The molecule has 5 nitrogen and oxygen atoms in total. The molecule has 0 spiro atoms. The summed E-state index contributed by atoms with van der Waals surface area (Å²) in [6, 6.07) is 3.22. The zero-order valence-corrected chi connectivity index (χ0v) is 11.3. The van der Waals surface area contributed by atoms with Crippen molar-refractivity contribution < 1.29 is 22.7 Å². The molecular weight excluding hydrogens is 287 g/mol. The van der Waals surface area contributed by atoms with Crippen molar-refractivity contribution in [2.24, 2.45) is 0 Å². The van der Waals surface area contributed by atoms with Gasteiger partial charge in [-0.25, -0.2) is 9.78 Å². The van der Waals surface area contributed by atoms with Crippen LogP contribution in [0.1, 0.15) is 19.8 Å². The summed E-state index contributed by atoms with van der Waals surface area (Å²) in [5.74, 6) is -0.391. The predicted octanol–water partition coefficient (Wildman–Crippen LogP) is 3.29. The quantitative estimate of drug-likeness (QED) is 0.882. The van der Waals surface area contributed by atoms with Gasteiger partial charge in [-0.3, -0.25) is 4.57 Å². The van der Waals surface area contributed by atoms with Crippen molar-refractivity contribution >= 4 is 17.1 Å². The number of unbranched alkanes of at least 4 members (excludes halogenated alkanes) is 1. The predicted molar refractivity (Wildman–Crippen MR) is 70.1 cm³/mol. The van der Waals surface area contributed by atoms with Gasteiger partial charge in [-0.05, 0) is 18.6 Å². The molecule has 1 aromatic carbocycles. The fraction of sp³-hybridized carbons (Fsp3) is 0.385. The highest BCUT2D eigenvalue weighted by Gasteiger charge is 2.31. The lowest BCUT2D eigenvalue weighted by molar-refractivity contribution is -0.274. The van der Waals surface area contributed by atoms with Crippen LogP contribution in [-0.2, 0) is 0 Å². The van der Waals surface area contributed by atoms with E-state index in [-0.39, 0.29) is 5.52 Å². The van der Waals surface area contributed by atoms with Crippen LogP contribution < -0.4 is 10.1 Å². The summed E-state index contributed by atoms with van der Waals surface area (Å²) in [6.07, 6.45) is -1.76. The van der Waals surface area contributed by atoms with E-state index in [4.69, 9.17) is 0 Å². The molecule has 0 saturated carbocycles. The summed E-state index contributed by atoms with van der Waals surface area (Å²) in [6.45, 7) is 2.48. The number of amides is 1. The summed E-state index contributed by atoms with van der Waals surface area (Å²) in [5, 5.41) is 2.67. The molecule has 0 unspecified atom stereocenters. The van der Waals surface area contributed by atoms with E-state index >= 15 is 0 Å². The molecule has 1 N–H and O–H groups in total. The molecular formula is C13H14F3N3O2. The summed E-state index contributed by atoms with van der Waals surface area (Å²) in [5.41, 5.74) is 0.668. The van der Waals surface area contributed by atoms with Gasteiger partial charge in [-0.2, -0.15) is 0 Å². The molecule has 21 heavy (non-hydrogen) atoms.